The topological polar surface area (TPSA) is 21.3 Å². The van der Waals surface area contributed by atoms with Gasteiger partial charge in [0.15, 0.2) is 0 Å². The van der Waals surface area contributed by atoms with Crippen LogP contribution >= 0.6 is 6.19 Å². The van der Waals surface area contributed by atoms with Gasteiger partial charge < -0.3 is 4.74 Å². The molecule has 1 aliphatic heterocycles. The third-order valence-corrected chi connectivity index (χ3v) is 14.0. The molecule has 0 aromatic heterocycles. The number of benzene rings is 2. The van der Waals surface area contributed by atoms with Gasteiger partial charge in [-0.25, -0.2) is 0 Å². The lowest BCUT2D eigenvalue weighted by molar-refractivity contribution is 0.296. The first-order chi connectivity index (χ1) is 11.7. The zero-order valence-corrected chi connectivity index (χ0v) is 17.5. The summed E-state index contributed by atoms with van der Waals surface area (Å²) >= 11 is 6.19. The van der Waals surface area contributed by atoms with Crippen LogP contribution in [0.25, 0.3) is 0 Å². The van der Waals surface area contributed by atoms with Gasteiger partial charge in [0, 0.05) is 23.0 Å². The maximum atomic E-state index is 6.19. The Balaban J connectivity index is 1.72. The second-order valence-corrected chi connectivity index (χ2v) is 13.5. The molecule has 25 heavy (non-hydrogen) atoms. The van der Waals surface area contributed by atoms with Crippen molar-refractivity contribution >= 4 is 18.0 Å². The van der Waals surface area contributed by atoms with Crippen molar-refractivity contribution < 1.29 is 4.74 Å². The average Bonchev–Trinajstić information content (AvgIpc) is 2.59. The summed E-state index contributed by atoms with van der Waals surface area (Å²) < 4.78 is 5.95. The van der Waals surface area contributed by atoms with Crippen LogP contribution in [0.4, 0.5) is 0 Å². The molecule has 2 aromatic carbocycles. The Bertz CT molecular complexity index is 781. The number of rotatable bonds is 5. The van der Waals surface area contributed by atoms with E-state index in [9.17, 15) is 0 Å². The zero-order chi connectivity index (χ0) is 18.3. The summed E-state index contributed by atoms with van der Waals surface area (Å²) in [6.07, 6.45) is -1.66. The highest BCUT2D eigenvalue weighted by Gasteiger charge is 2.63. The van der Waals surface area contributed by atoms with E-state index in [1.807, 2.05) is 42.5 Å². The quantitative estimate of drug-likeness (QED) is 0.633. The summed E-state index contributed by atoms with van der Waals surface area (Å²) in [6.45, 7) is 12.4. The van der Waals surface area contributed by atoms with Gasteiger partial charge in [0.1, 0.15) is 11.5 Å². The molecule has 0 radical (unpaired) electrons. The van der Waals surface area contributed by atoms with E-state index >= 15 is 0 Å². The van der Waals surface area contributed by atoms with Crippen LogP contribution in [-0.2, 0) is 18.4 Å². The monoisotopic (exact) mass is 373 g/mol. The Labute approximate surface area is 157 Å². The molecule has 4 heteroatoms. The molecule has 1 fully saturated rings. The summed E-state index contributed by atoms with van der Waals surface area (Å²) in [7, 11) is 0. The van der Waals surface area contributed by atoms with Gasteiger partial charge >= 0.3 is 0 Å². The van der Waals surface area contributed by atoms with Crippen molar-refractivity contribution in [3.05, 3.63) is 60.2 Å². The van der Waals surface area contributed by atoms with Crippen molar-refractivity contribution in [1.82, 2.24) is 5.09 Å². The molecule has 3 rings (SSSR count). The van der Waals surface area contributed by atoms with E-state index in [1.165, 1.54) is 5.56 Å². The fraction of sp³-hybridized carbons (Fsp3) is 0.429. The molecule has 0 spiro atoms. The van der Waals surface area contributed by atoms with E-state index in [4.69, 9.17) is 16.5 Å². The van der Waals surface area contributed by atoms with Gasteiger partial charge in [-0.3, -0.25) is 5.09 Å². The van der Waals surface area contributed by atoms with Gasteiger partial charge in [-0.15, -0.1) is 0 Å². The second kappa shape index (κ2) is 6.54. The average molecular weight is 374 g/mol. The number of ether oxygens (including phenoxy) is 1. The number of para-hydroxylation sites is 1. The first kappa shape index (κ1) is 18.6. The minimum Gasteiger partial charge on any atom is -0.457 e. The molecule has 2 aromatic rings. The highest BCUT2D eigenvalue weighted by molar-refractivity contribution is 8.15. The SMILES string of the molecule is CC1C(C)(C)P(=S)(NCc2cccc(Oc3ccccc3)c2)C1(C)C. The molecule has 1 heterocycles. The molecule has 2 nitrogen and oxygen atoms in total. The lowest BCUT2D eigenvalue weighted by Crippen LogP contribution is -2.60. The largest absolute Gasteiger partial charge is 0.457 e. The Kier molecular flexibility index (Phi) is 4.87. The van der Waals surface area contributed by atoms with E-state index in [1.54, 1.807) is 0 Å². The second-order valence-electron chi connectivity index (χ2n) is 8.04. The van der Waals surface area contributed by atoms with E-state index in [0.717, 1.165) is 18.0 Å². The van der Waals surface area contributed by atoms with Crippen LogP contribution < -0.4 is 9.82 Å². The third-order valence-electron chi connectivity index (χ3n) is 6.13. The maximum Gasteiger partial charge on any atom is 0.127 e. The molecule has 0 bridgehead atoms. The normalized spacial score (nSPS) is 26.7. The molecular formula is C21H28NOPS. The third kappa shape index (κ3) is 3.07. The predicted molar refractivity (Wildman–Crippen MR) is 111 cm³/mol. The van der Waals surface area contributed by atoms with E-state index in [2.05, 4.69) is 51.8 Å². The Morgan fingerprint density at radius 2 is 1.56 bits per heavy atom. The summed E-state index contributed by atoms with van der Waals surface area (Å²) in [5.74, 6) is 2.35. The smallest absolute Gasteiger partial charge is 0.127 e. The molecule has 0 amide bonds. The van der Waals surface area contributed by atoms with Gasteiger partial charge in [-0.1, -0.05) is 76.8 Å². The van der Waals surface area contributed by atoms with Gasteiger partial charge in [0.05, 0.1) is 0 Å². The van der Waals surface area contributed by atoms with Crippen LogP contribution in [0.3, 0.4) is 0 Å². The number of hydrogen-bond acceptors (Lipinski definition) is 2. The van der Waals surface area contributed by atoms with Crippen LogP contribution in [0.1, 0.15) is 40.2 Å². The molecule has 0 saturated carbocycles. The first-order valence-corrected chi connectivity index (χ1v) is 11.7. The molecule has 0 atom stereocenters. The first-order valence-electron chi connectivity index (χ1n) is 8.86. The van der Waals surface area contributed by atoms with Gasteiger partial charge in [-0.05, 0) is 35.7 Å². The van der Waals surface area contributed by atoms with E-state index in [0.29, 0.717) is 5.92 Å². The molecule has 1 saturated heterocycles. The van der Waals surface area contributed by atoms with E-state index < -0.39 is 6.19 Å². The van der Waals surface area contributed by atoms with Crippen LogP contribution in [0.2, 0.25) is 0 Å². The lowest BCUT2D eigenvalue weighted by atomic mass is 9.83. The lowest BCUT2D eigenvalue weighted by Gasteiger charge is -2.66. The van der Waals surface area contributed by atoms with E-state index in [-0.39, 0.29) is 10.3 Å². The summed E-state index contributed by atoms with van der Waals surface area (Å²) in [5.41, 5.74) is 1.21. The molecule has 1 N–H and O–H groups in total. The highest BCUT2D eigenvalue weighted by atomic mass is 32.4. The zero-order valence-electron chi connectivity index (χ0n) is 15.7. The highest BCUT2D eigenvalue weighted by Crippen LogP contribution is 2.79. The minimum atomic E-state index is -1.66. The molecule has 0 unspecified atom stereocenters. The Hall–Kier alpha value is -1.15. The van der Waals surface area contributed by atoms with Crippen molar-refractivity contribution in [3.63, 3.8) is 0 Å². The van der Waals surface area contributed by atoms with Crippen molar-refractivity contribution in [1.29, 1.82) is 0 Å². The van der Waals surface area contributed by atoms with Crippen LogP contribution in [0.5, 0.6) is 11.5 Å². The fourth-order valence-corrected chi connectivity index (χ4v) is 9.42. The number of nitrogens with one attached hydrogen (secondary N) is 1. The van der Waals surface area contributed by atoms with Crippen molar-refractivity contribution in [2.75, 3.05) is 0 Å². The van der Waals surface area contributed by atoms with Crippen LogP contribution in [-0.4, -0.2) is 10.3 Å². The predicted octanol–water partition coefficient (Wildman–Crippen LogP) is 6.17. The Morgan fingerprint density at radius 3 is 2.20 bits per heavy atom. The van der Waals surface area contributed by atoms with Crippen molar-refractivity contribution in [2.45, 2.75) is 51.5 Å². The van der Waals surface area contributed by atoms with Crippen LogP contribution in [0.15, 0.2) is 54.6 Å². The Morgan fingerprint density at radius 1 is 0.960 bits per heavy atom. The van der Waals surface area contributed by atoms with Gasteiger partial charge in [-0.2, -0.15) is 0 Å². The summed E-state index contributed by atoms with van der Waals surface area (Å²) in [4.78, 5) is 0. The minimum absolute atomic E-state index is 0.198. The molecular weight excluding hydrogens is 345 g/mol. The maximum absolute atomic E-state index is 6.19. The van der Waals surface area contributed by atoms with Gasteiger partial charge in [0.2, 0.25) is 0 Å². The summed E-state index contributed by atoms with van der Waals surface area (Å²) in [6, 6.07) is 18.2. The number of hydrogen-bond donors (Lipinski definition) is 1. The van der Waals surface area contributed by atoms with Crippen LogP contribution in [0, 0.1) is 5.92 Å². The molecule has 0 aliphatic carbocycles. The van der Waals surface area contributed by atoms with Crippen molar-refractivity contribution in [2.24, 2.45) is 5.92 Å². The van der Waals surface area contributed by atoms with Gasteiger partial charge in [0.25, 0.3) is 0 Å². The standard InChI is InChI=1S/C21H28NOPS/c1-16-20(2,3)24(25,21(16,4)5)22-15-17-10-9-13-19(14-17)23-18-11-7-6-8-12-18/h6-14,16H,15H2,1-5H3,(H,22,25). The summed E-state index contributed by atoms with van der Waals surface area (Å²) in [5, 5.41) is 4.18. The molecule has 134 valence electrons. The fourth-order valence-electron chi connectivity index (χ4n) is 4.04. The molecule has 1 aliphatic rings. The van der Waals surface area contributed by atoms with Crippen molar-refractivity contribution in [3.8, 4) is 11.5 Å².